The molecule has 18 heteroatoms. The SMILES string of the molecule is COC(=O)c1ccc([C@@H](NC(=O)c2cc(C(=O)O)n3c(N)nc(N)c3n2)C(N)=O)cc1.Cl.Cn1c(=O)oc2ccc(CN)cc21. The summed E-state index contributed by atoms with van der Waals surface area (Å²) in [5.74, 6) is -4.52. The number of nitrogens with one attached hydrogen (secondary N) is 1. The number of esters is 1. The predicted molar refractivity (Wildman–Crippen MR) is 163 cm³/mol. The number of carbonyl (C=O) groups is 4. The maximum atomic E-state index is 12.7. The van der Waals surface area contributed by atoms with Crippen LogP contribution >= 0.6 is 12.4 Å². The van der Waals surface area contributed by atoms with E-state index in [-0.39, 0.29) is 52.4 Å². The molecule has 5 rings (SSSR count). The van der Waals surface area contributed by atoms with Crippen LogP contribution in [0.1, 0.15) is 48.5 Å². The number of ether oxygens (including phenoxy) is 1. The number of hydrogen-bond acceptors (Lipinski definition) is 12. The lowest BCUT2D eigenvalue weighted by molar-refractivity contribution is -0.120. The second-order valence-electron chi connectivity index (χ2n) is 9.20. The lowest BCUT2D eigenvalue weighted by Gasteiger charge is -2.16. The van der Waals surface area contributed by atoms with Gasteiger partial charge in [-0.15, -0.1) is 12.4 Å². The average Bonchev–Trinajstić information content (AvgIpc) is 3.47. The Balaban J connectivity index is 0.000000328. The number of imidazole rings is 1. The van der Waals surface area contributed by atoms with Gasteiger partial charge >= 0.3 is 17.7 Å². The van der Waals surface area contributed by atoms with Gasteiger partial charge in [0, 0.05) is 19.7 Å². The molecule has 0 fully saturated rings. The highest BCUT2D eigenvalue weighted by atomic mass is 35.5. The summed E-state index contributed by atoms with van der Waals surface area (Å²) in [6, 6.07) is 10.8. The summed E-state index contributed by atoms with van der Waals surface area (Å²) in [6.07, 6.45) is 0. The van der Waals surface area contributed by atoms with Gasteiger partial charge in [0.2, 0.25) is 11.9 Å². The highest BCUT2D eigenvalue weighted by Gasteiger charge is 2.25. The van der Waals surface area contributed by atoms with Crippen molar-refractivity contribution < 1.29 is 33.4 Å². The molecule has 5 aromatic rings. The Labute approximate surface area is 259 Å². The van der Waals surface area contributed by atoms with Gasteiger partial charge in [-0.2, -0.15) is 4.98 Å². The number of primary amides is 1. The Hall–Kier alpha value is -5.94. The summed E-state index contributed by atoms with van der Waals surface area (Å²) in [5, 5.41) is 11.8. The van der Waals surface area contributed by atoms with Crippen LogP contribution in [0.15, 0.2) is 57.7 Å². The van der Waals surface area contributed by atoms with Gasteiger partial charge in [-0.05, 0) is 35.4 Å². The molecule has 17 nitrogen and oxygen atoms in total. The first-order chi connectivity index (χ1) is 20.9. The van der Waals surface area contributed by atoms with Crippen LogP contribution in [0.3, 0.4) is 0 Å². The van der Waals surface area contributed by atoms with Gasteiger partial charge in [0.15, 0.2) is 17.0 Å². The smallest absolute Gasteiger partial charge is 0.419 e. The second kappa shape index (κ2) is 13.6. The molecule has 10 N–H and O–H groups in total. The molecule has 2 amide bonds. The first kappa shape index (κ1) is 33.6. The molecule has 0 bridgehead atoms. The fraction of sp³-hybridized carbons (Fsp3) is 0.148. The van der Waals surface area contributed by atoms with Gasteiger partial charge in [0.05, 0.1) is 18.2 Å². The zero-order valence-corrected chi connectivity index (χ0v) is 24.5. The van der Waals surface area contributed by atoms with Crippen molar-refractivity contribution in [3.05, 3.63) is 87.2 Å². The number of amides is 2. The van der Waals surface area contributed by atoms with Crippen LogP contribution in [0, 0.1) is 0 Å². The topological polar surface area (TPSA) is 279 Å². The molecule has 2 aromatic carbocycles. The number of carbonyl (C=O) groups excluding carboxylic acids is 3. The number of hydrogen-bond donors (Lipinski definition) is 6. The van der Waals surface area contributed by atoms with Crippen LogP contribution in [0.2, 0.25) is 0 Å². The van der Waals surface area contributed by atoms with Gasteiger partial charge in [0.25, 0.3) is 5.91 Å². The van der Waals surface area contributed by atoms with Crippen LogP contribution in [-0.4, -0.2) is 54.9 Å². The van der Waals surface area contributed by atoms with Gasteiger partial charge in [-0.25, -0.2) is 19.4 Å². The van der Waals surface area contributed by atoms with E-state index in [4.69, 9.17) is 27.4 Å². The van der Waals surface area contributed by atoms with Crippen molar-refractivity contribution in [2.24, 2.45) is 18.5 Å². The molecule has 0 unspecified atom stereocenters. The number of oxazole rings is 1. The molecule has 1 atom stereocenters. The van der Waals surface area contributed by atoms with Crippen LogP contribution in [-0.2, 0) is 23.1 Å². The van der Waals surface area contributed by atoms with Crippen molar-refractivity contribution in [1.82, 2.24) is 24.3 Å². The minimum atomic E-state index is -1.41. The van der Waals surface area contributed by atoms with E-state index in [2.05, 4.69) is 20.0 Å². The Bertz CT molecular complexity index is 1980. The normalized spacial score (nSPS) is 11.2. The zero-order valence-electron chi connectivity index (χ0n) is 23.7. The maximum Gasteiger partial charge on any atom is 0.419 e. The van der Waals surface area contributed by atoms with Crippen LogP contribution in [0.25, 0.3) is 16.7 Å². The lowest BCUT2D eigenvalue weighted by atomic mass is 10.0. The maximum absolute atomic E-state index is 12.7. The number of nitrogen functional groups attached to an aromatic ring is 2. The average molecular weight is 642 g/mol. The van der Waals surface area contributed by atoms with E-state index < -0.39 is 35.5 Å². The number of anilines is 2. The fourth-order valence-corrected chi connectivity index (χ4v) is 4.16. The molecule has 0 aliphatic heterocycles. The Kier molecular flexibility index (Phi) is 10.1. The first-order valence-electron chi connectivity index (χ1n) is 12.6. The number of methoxy groups -OCH3 is 1. The monoisotopic (exact) mass is 641 g/mol. The Morgan fingerprint density at radius 3 is 2.31 bits per heavy atom. The summed E-state index contributed by atoms with van der Waals surface area (Å²) in [6.45, 7) is 0.468. The number of aromatic nitrogens is 4. The standard InChI is InChI=1S/C18H17N7O6.C9H10N2O2.ClH/c1-31-17(30)8-4-2-7(3-5-8)11(13(20)26)23-15(27)9-6-10(16(28)29)25-14(22-9)12(19)24-18(25)21;1-11-7-4-6(5-10)2-3-8(7)13-9(11)12;/h2-6,11H,19H2,1H3,(H2,20,26)(H2,21,24)(H,23,27)(H,28,29);2-4H,5,10H2,1H3;1H/t11-;;/m1../s1. The highest BCUT2D eigenvalue weighted by molar-refractivity contribution is 5.99. The van der Waals surface area contributed by atoms with Gasteiger partial charge in [0.1, 0.15) is 17.4 Å². The molecule has 0 radical (unpaired) electrons. The number of nitrogens with two attached hydrogens (primary N) is 4. The van der Waals surface area contributed by atoms with Gasteiger partial charge in [-0.1, -0.05) is 18.2 Å². The number of fused-ring (bicyclic) bond motifs is 2. The van der Waals surface area contributed by atoms with Gasteiger partial charge < -0.3 is 42.5 Å². The Morgan fingerprint density at radius 2 is 1.73 bits per heavy atom. The van der Waals surface area contributed by atoms with Crippen molar-refractivity contribution >= 4 is 64.7 Å². The van der Waals surface area contributed by atoms with E-state index in [1.807, 2.05) is 12.1 Å². The largest absolute Gasteiger partial charge is 0.477 e. The molecule has 3 heterocycles. The minimum absolute atomic E-state index is 0. The second-order valence-corrected chi connectivity index (χ2v) is 9.20. The quantitative estimate of drug-likeness (QED) is 0.131. The highest BCUT2D eigenvalue weighted by Crippen LogP contribution is 2.20. The molecule has 0 spiro atoms. The Morgan fingerprint density at radius 1 is 1.07 bits per heavy atom. The van der Waals surface area contributed by atoms with E-state index in [1.165, 1.54) is 35.9 Å². The number of nitrogens with zero attached hydrogens (tertiary/aromatic N) is 4. The molecule has 45 heavy (non-hydrogen) atoms. The van der Waals surface area contributed by atoms with Crippen molar-refractivity contribution in [3.63, 3.8) is 0 Å². The van der Waals surface area contributed by atoms with Crippen LogP contribution < -0.4 is 34.0 Å². The summed E-state index contributed by atoms with van der Waals surface area (Å²) in [7, 11) is 2.90. The number of carboxylic acids is 1. The first-order valence-corrected chi connectivity index (χ1v) is 12.6. The van der Waals surface area contributed by atoms with Crippen molar-refractivity contribution in [3.8, 4) is 0 Å². The minimum Gasteiger partial charge on any atom is -0.477 e. The molecule has 0 aliphatic rings. The van der Waals surface area contributed by atoms with E-state index in [1.54, 1.807) is 13.1 Å². The van der Waals surface area contributed by atoms with Crippen molar-refractivity contribution in [1.29, 1.82) is 0 Å². The third kappa shape index (κ3) is 6.84. The van der Waals surface area contributed by atoms with Crippen LogP contribution in [0.5, 0.6) is 0 Å². The van der Waals surface area contributed by atoms with E-state index in [0.29, 0.717) is 12.1 Å². The molecule has 0 saturated carbocycles. The number of carboxylic acid groups (broad SMARTS) is 1. The third-order valence-electron chi connectivity index (χ3n) is 6.41. The number of aryl methyl sites for hydroxylation is 1. The van der Waals surface area contributed by atoms with E-state index >= 15 is 0 Å². The van der Waals surface area contributed by atoms with Gasteiger partial charge in [-0.3, -0.25) is 18.6 Å². The molecular weight excluding hydrogens is 614 g/mol. The number of halogens is 1. The lowest BCUT2D eigenvalue weighted by Crippen LogP contribution is -2.38. The zero-order chi connectivity index (χ0) is 32.3. The predicted octanol–water partition coefficient (Wildman–Crippen LogP) is 0.347. The molecule has 0 saturated heterocycles. The van der Waals surface area contributed by atoms with E-state index in [0.717, 1.165) is 21.5 Å². The van der Waals surface area contributed by atoms with Crippen molar-refractivity contribution in [2.75, 3.05) is 18.6 Å². The fourth-order valence-electron chi connectivity index (χ4n) is 4.16. The molecule has 0 aliphatic carbocycles. The number of aromatic carboxylic acids is 1. The summed E-state index contributed by atoms with van der Waals surface area (Å²) < 4.78 is 12.0. The molecule has 3 aromatic heterocycles. The molecule has 236 valence electrons. The summed E-state index contributed by atoms with van der Waals surface area (Å²) in [5.41, 5.74) is 24.2. The van der Waals surface area contributed by atoms with E-state index in [9.17, 15) is 29.1 Å². The summed E-state index contributed by atoms with van der Waals surface area (Å²) in [4.78, 5) is 66.7. The third-order valence-corrected chi connectivity index (χ3v) is 6.41. The van der Waals surface area contributed by atoms with Crippen LogP contribution in [0.4, 0.5) is 11.8 Å². The number of rotatable bonds is 7. The summed E-state index contributed by atoms with van der Waals surface area (Å²) >= 11 is 0. The van der Waals surface area contributed by atoms with Crippen molar-refractivity contribution in [2.45, 2.75) is 12.6 Å². The molecular formula is C27H28ClN9O8. The number of benzene rings is 2.